The summed E-state index contributed by atoms with van der Waals surface area (Å²) >= 11 is 0. The van der Waals surface area contributed by atoms with Gasteiger partial charge in [0.05, 0.1) is 12.6 Å². The second-order valence-corrected chi connectivity index (χ2v) is 3.28. The van der Waals surface area contributed by atoms with E-state index in [1.807, 2.05) is 0 Å². The topological polar surface area (TPSA) is 85.5 Å². The third kappa shape index (κ3) is 1.77. The standard InChI is InChI=1S/C9H12N4O2/c10-5-7(14)6-13-9(15)12-4-2-1-3-8(12)11-13/h1-4,7,14H,5-6,10H2. The molecule has 0 aliphatic carbocycles. The van der Waals surface area contributed by atoms with Gasteiger partial charge in [-0.05, 0) is 12.1 Å². The van der Waals surface area contributed by atoms with Gasteiger partial charge in [-0.25, -0.2) is 9.48 Å². The molecule has 2 heterocycles. The second kappa shape index (κ2) is 3.84. The number of nitrogens with two attached hydrogens (primary N) is 1. The first-order valence-electron chi connectivity index (χ1n) is 4.64. The summed E-state index contributed by atoms with van der Waals surface area (Å²) in [5.74, 6) is 0. The SMILES string of the molecule is NCC(O)Cn1nc2ccccn2c1=O. The minimum absolute atomic E-state index is 0.111. The molecule has 1 unspecified atom stereocenters. The van der Waals surface area contributed by atoms with E-state index < -0.39 is 6.10 Å². The summed E-state index contributed by atoms with van der Waals surface area (Å²) in [4.78, 5) is 11.7. The van der Waals surface area contributed by atoms with Gasteiger partial charge in [0.2, 0.25) is 0 Å². The molecule has 1 atom stereocenters. The lowest BCUT2D eigenvalue weighted by molar-refractivity contribution is 0.156. The molecule has 0 amide bonds. The Labute approximate surface area is 85.6 Å². The minimum atomic E-state index is -0.743. The van der Waals surface area contributed by atoms with E-state index in [0.717, 1.165) is 0 Å². The van der Waals surface area contributed by atoms with E-state index in [9.17, 15) is 9.90 Å². The van der Waals surface area contributed by atoms with E-state index >= 15 is 0 Å². The van der Waals surface area contributed by atoms with Crippen molar-refractivity contribution in [2.24, 2.45) is 5.73 Å². The predicted molar refractivity (Wildman–Crippen MR) is 54.5 cm³/mol. The van der Waals surface area contributed by atoms with Crippen molar-refractivity contribution in [3.8, 4) is 0 Å². The lowest BCUT2D eigenvalue weighted by Crippen LogP contribution is -2.31. The van der Waals surface area contributed by atoms with Crippen LogP contribution in [0.25, 0.3) is 5.65 Å². The van der Waals surface area contributed by atoms with Crippen LogP contribution in [0.4, 0.5) is 0 Å². The van der Waals surface area contributed by atoms with Crippen molar-refractivity contribution in [2.45, 2.75) is 12.6 Å². The molecule has 2 aromatic rings. The van der Waals surface area contributed by atoms with Crippen molar-refractivity contribution in [1.82, 2.24) is 14.2 Å². The number of hydrogen-bond acceptors (Lipinski definition) is 4. The maximum atomic E-state index is 11.7. The van der Waals surface area contributed by atoms with Crippen LogP contribution < -0.4 is 11.4 Å². The summed E-state index contributed by atoms with van der Waals surface area (Å²) in [5.41, 5.74) is 5.56. The molecule has 0 fully saturated rings. The molecule has 0 aliphatic rings. The third-order valence-corrected chi connectivity index (χ3v) is 2.14. The Hall–Kier alpha value is -1.66. The first kappa shape index (κ1) is 9.88. The lowest BCUT2D eigenvalue weighted by Gasteiger charge is -2.04. The van der Waals surface area contributed by atoms with Gasteiger partial charge in [-0.2, -0.15) is 0 Å². The largest absolute Gasteiger partial charge is 0.390 e. The number of aliphatic hydroxyl groups is 1. The molecule has 0 spiro atoms. The minimum Gasteiger partial charge on any atom is -0.390 e. The zero-order valence-corrected chi connectivity index (χ0v) is 8.08. The summed E-state index contributed by atoms with van der Waals surface area (Å²) in [7, 11) is 0. The number of rotatable bonds is 3. The molecule has 2 rings (SSSR count). The van der Waals surface area contributed by atoms with E-state index in [4.69, 9.17) is 5.73 Å². The number of aromatic nitrogens is 3. The van der Waals surface area contributed by atoms with Crippen molar-refractivity contribution >= 4 is 5.65 Å². The molecule has 0 aromatic carbocycles. The van der Waals surface area contributed by atoms with Crippen molar-refractivity contribution < 1.29 is 5.11 Å². The fourth-order valence-electron chi connectivity index (χ4n) is 1.36. The molecule has 15 heavy (non-hydrogen) atoms. The normalized spacial score (nSPS) is 13.2. The molecule has 6 heteroatoms. The van der Waals surface area contributed by atoms with E-state index in [1.165, 1.54) is 9.08 Å². The van der Waals surface area contributed by atoms with E-state index in [2.05, 4.69) is 5.10 Å². The molecule has 0 bridgehead atoms. The highest BCUT2D eigenvalue weighted by Crippen LogP contribution is 1.95. The summed E-state index contributed by atoms with van der Waals surface area (Å²) in [6.07, 6.45) is 0.892. The number of pyridine rings is 1. The second-order valence-electron chi connectivity index (χ2n) is 3.28. The number of nitrogens with zero attached hydrogens (tertiary/aromatic N) is 3. The molecule has 2 aromatic heterocycles. The van der Waals surface area contributed by atoms with E-state index in [1.54, 1.807) is 24.4 Å². The van der Waals surface area contributed by atoms with Crippen LogP contribution in [0, 0.1) is 0 Å². The highest BCUT2D eigenvalue weighted by atomic mass is 16.3. The molecule has 0 saturated heterocycles. The van der Waals surface area contributed by atoms with Crippen LogP contribution >= 0.6 is 0 Å². The lowest BCUT2D eigenvalue weighted by atomic mass is 10.4. The van der Waals surface area contributed by atoms with Crippen LogP contribution in [-0.4, -0.2) is 31.9 Å². The van der Waals surface area contributed by atoms with Crippen molar-refractivity contribution in [2.75, 3.05) is 6.54 Å². The van der Waals surface area contributed by atoms with Crippen molar-refractivity contribution in [1.29, 1.82) is 0 Å². The van der Waals surface area contributed by atoms with Gasteiger partial charge >= 0.3 is 5.69 Å². The van der Waals surface area contributed by atoms with E-state index in [0.29, 0.717) is 5.65 Å². The van der Waals surface area contributed by atoms with Crippen LogP contribution in [0.5, 0.6) is 0 Å². The van der Waals surface area contributed by atoms with Gasteiger partial charge in [-0.3, -0.25) is 4.40 Å². The van der Waals surface area contributed by atoms with Gasteiger partial charge in [-0.15, -0.1) is 5.10 Å². The quantitative estimate of drug-likeness (QED) is 0.664. The molecule has 0 saturated carbocycles. The zero-order valence-electron chi connectivity index (χ0n) is 8.08. The summed E-state index contributed by atoms with van der Waals surface area (Å²) in [5, 5.41) is 13.4. The summed E-state index contributed by atoms with van der Waals surface area (Å²) in [6, 6.07) is 5.28. The Morgan fingerprint density at radius 1 is 1.53 bits per heavy atom. The molecule has 0 radical (unpaired) electrons. The molecular formula is C9H12N4O2. The summed E-state index contributed by atoms with van der Waals surface area (Å²) < 4.78 is 2.64. The maximum absolute atomic E-state index is 11.7. The molecule has 0 aliphatic heterocycles. The third-order valence-electron chi connectivity index (χ3n) is 2.14. The smallest absolute Gasteiger partial charge is 0.350 e. The predicted octanol–water partition coefficient (Wildman–Crippen LogP) is -1.18. The van der Waals surface area contributed by atoms with Crippen LogP contribution in [0.3, 0.4) is 0 Å². The Balaban J connectivity index is 2.45. The van der Waals surface area contributed by atoms with Gasteiger partial charge in [-0.1, -0.05) is 6.07 Å². The highest BCUT2D eigenvalue weighted by molar-refractivity contribution is 5.35. The van der Waals surface area contributed by atoms with Gasteiger partial charge in [0, 0.05) is 12.7 Å². The monoisotopic (exact) mass is 208 g/mol. The van der Waals surface area contributed by atoms with Gasteiger partial charge in [0.25, 0.3) is 0 Å². The number of hydrogen-bond donors (Lipinski definition) is 2. The molecule has 3 N–H and O–H groups in total. The Morgan fingerprint density at radius 3 is 3.00 bits per heavy atom. The number of aliphatic hydroxyl groups excluding tert-OH is 1. The zero-order chi connectivity index (χ0) is 10.8. The number of fused-ring (bicyclic) bond motifs is 1. The molecular weight excluding hydrogens is 196 g/mol. The van der Waals surface area contributed by atoms with Gasteiger partial charge in [0.15, 0.2) is 5.65 Å². The van der Waals surface area contributed by atoms with Gasteiger partial charge < -0.3 is 10.8 Å². The van der Waals surface area contributed by atoms with Crippen LogP contribution in [0.2, 0.25) is 0 Å². The average molecular weight is 208 g/mol. The average Bonchev–Trinajstić information content (AvgIpc) is 2.57. The van der Waals surface area contributed by atoms with Crippen LogP contribution in [-0.2, 0) is 6.54 Å². The fourth-order valence-corrected chi connectivity index (χ4v) is 1.36. The van der Waals surface area contributed by atoms with Crippen molar-refractivity contribution in [3.63, 3.8) is 0 Å². The van der Waals surface area contributed by atoms with Crippen LogP contribution in [0.1, 0.15) is 0 Å². The first-order valence-corrected chi connectivity index (χ1v) is 4.64. The molecule has 6 nitrogen and oxygen atoms in total. The summed E-state index contributed by atoms with van der Waals surface area (Å²) in [6.45, 7) is 0.233. The Bertz CT molecular complexity index is 516. The van der Waals surface area contributed by atoms with Crippen LogP contribution in [0.15, 0.2) is 29.2 Å². The fraction of sp³-hybridized carbons (Fsp3) is 0.333. The maximum Gasteiger partial charge on any atom is 0.350 e. The van der Waals surface area contributed by atoms with Gasteiger partial charge in [0.1, 0.15) is 0 Å². The van der Waals surface area contributed by atoms with E-state index in [-0.39, 0.29) is 18.8 Å². The first-order chi connectivity index (χ1) is 7.22. The Morgan fingerprint density at radius 2 is 2.33 bits per heavy atom. The molecule has 80 valence electrons. The van der Waals surface area contributed by atoms with Crippen molar-refractivity contribution in [3.05, 3.63) is 34.9 Å². The highest BCUT2D eigenvalue weighted by Gasteiger charge is 2.09. The Kier molecular flexibility index (Phi) is 2.53.